The largest absolute Gasteiger partial charge is 0.481 e. The van der Waals surface area contributed by atoms with Gasteiger partial charge in [-0.1, -0.05) is 11.8 Å². The van der Waals surface area contributed by atoms with Crippen molar-refractivity contribution in [2.75, 3.05) is 5.75 Å². The summed E-state index contributed by atoms with van der Waals surface area (Å²) in [6.07, 6.45) is 1.99. The van der Waals surface area contributed by atoms with E-state index in [-0.39, 0.29) is 5.75 Å². The van der Waals surface area contributed by atoms with Gasteiger partial charge in [-0.15, -0.1) is 0 Å². The predicted octanol–water partition coefficient (Wildman–Crippen LogP) is 1.27. The highest BCUT2D eigenvalue weighted by atomic mass is 32.2. The fourth-order valence-corrected chi connectivity index (χ4v) is 1.30. The smallest absolute Gasteiger partial charge is 0.313 e. The van der Waals surface area contributed by atoms with Crippen LogP contribution >= 0.6 is 11.8 Å². The van der Waals surface area contributed by atoms with Crippen LogP contribution < -0.4 is 0 Å². The maximum atomic E-state index is 10.3. The average Bonchev–Trinajstić information content (AvgIpc) is 2.47. The summed E-state index contributed by atoms with van der Waals surface area (Å²) in [7, 11) is 0. The van der Waals surface area contributed by atoms with Gasteiger partial charge in [0.05, 0.1) is 17.6 Å². The van der Waals surface area contributed by atoms with Crippen LogP contribution in [0.2, 0.25) is 0 Å². The predicted molar refractivity (Wildman–Crippen MR) is 42.5 cm³/mol. The number of carboxylic acid groups (broad SMARTS) is 1. The number of rotatable bonds is 4. The van der Waals surface area contributed by atoms with Crippen LogP contribution in [-0.4, -0.2) is 23.1 Å². The Hall–Kier alpha value is -1.23. The van der Waals surface area contributed by atoms with Gasteiger partial charge in [0, 0.05) is 0 Å². The van der Waals surface area contributed by atoms with Gasteiger partial charge in [0.25, 0.3) is 0 Å². The second-order valence-electron chi connectivity index (χ2n) is 1.96. The topological polar surface area (TPSA) is 67.5 Å². The molecule has 0 atom stereocenters. The summed E-state index contributed by atoms with van der Waals surface area (Å²) in [5.74, 6) is -1.04. The molecule has 0 aliphatic heterocycles. The molecule has 0 saturated carbocycles. The van der Waals surface area contributed by atoms with Crippen molar-refractivity contribution in [1.29, 1.82) is 0 Å². The monoisotopic (exact) mass is 186 g/mol. The molecule has 1 rings (SSSR count). The molecule has 0 saturated heterocycles. The van der Waals surface area contributed by atoms with Gasteiger partial charge in [-0.3, -0.25) is 9.59 Å². The summed E-state index contributed by atoms with van der Waals surface area (Å²) in [4.78, 5) is 20.5. The lowest BCUT2D eigenvalue weighted by Crippen LogP contribution is -1.97. The normalized spacial score (nSPS) is 9.67. The molecule has 64 valence electrons. The molecule has 4 nitrogen and oxygen atoms in total. The number of carbonyl (C=O) groups is 2. The zero-order valence-electron chi connectivity index (χ0n) is 6.02. The van der Waals surface area contributed by atoms with Crippen molar-refractivity contribution in [3.63, 3.8) is 0 Å². The summed E-state index contributed by atoms with van der Waals surface area (Å²) in [6, 6.07) is 1.50. The molecule has 1 aromatic rings. The fourth-order valence-electron chi connectivity index (χ4n) is 0.637. The molecule has 1 N–H and O–H groups in total. The molecule has 1 heterocycles. The maximum absolute atomic E-state index is 10.3. The summed E-state index contributed by atoms with van der Waals surface area (Å²) >= 11 is 0.989. The van der Waals surface area contributed by atoms with Gasteiger partial charge in [0.2, 0.25) is 0 Å². The number of aldehydes is 1. The van der Waals surface area contributed by atoms with Crippen molar-refractivity contribution in [1.82, 2.24) is 0 Å². The minimum Gasteiger partial charge on any atom is -0.481 e. The number of furan rings is 1. The molecule has 0 aliphatic rings. The SMILES string of the molecule is O=Cc1ccoc1SCC(=O)O. The summed E-state index contributed by atoms with van der Waals surface area (Å²) in [6.45, 7) is 0. The number of thioether (sulfide) groups is 1. The first-order valence-corrected chi connectivity index (χ1v) is 4.10. The van der Waals surface area contributed by atoms with Crippen LogP contribution in [0.3, 0.4) is 0 Å². The van der Waals surface area contributed by atoms with E-state index in [9.17, 15) is 9.59 Å². The van der Waals surface area contributed by atoms with Gasteiger partial charge in [0.15, 0.2) is 11.4 Å². The van der Waals surface area contributed by atoms with Crippen molar-refractivity contribution >= 4 is 24.0 Å². The lowest BCUT2D eigenvalue weighted by atomic mass is 10.4. The van der Waals surface area contributed by atoms with Crippen molar-refractivity contribution in [2.45, 2.75) is 5.09 Å². The first-order chi connectivity index (χ1) is 5.74. The third-order valence-corrected chi connectivity index (χ3v) is 2.10. The Morgan fingerprint density at radius 2 is 2.50 bits per heavy atom. The molecule has 0 unspecified atom stereocenters. The van der Waals surface area contributed by atoms with E-state index >= 15 is 0 Å². The van der Waals surface area contributed by atoms with Gasteiger partial charge in [-0.2, -0.15) is 0 Å². The standard InChI is InChI=1S/C7H6O4S/c8-3-5-1-2-11-7(5)12-4-6(9)10/h1-3H,4H2,(H,9,10). The number of hydrogen-bond donors (Lipinski definition) is 1. The van der Waals surface area contributed by atoms with Crippen LogP contribution in [0.15, 0.2) is 21.8 Å². The van der Waals surface area contributed by atoms with E-state index in [1.807, 2.05) is 0 Å². The molecule has 0 aromatic carbocycles. The fraction of sp³-hybridized carbons (Fsp3) is 0.143. The van der Waals surface area contributed by atoms with Crippen molar-refractivity contribution < 1.29 is 19.1 Å². The summed E-state index contributed by atoms with van der Waals surface area (Å²) in [5, 5.41) is 8.68. The van der Waals surface area contributed by atoms with E-state index in [1.165, 1.54) is 12.3 Å². The molecule has 1 aromatic heterocycles. The molecule has 0 fully saturated rings. The van der Waals surface area contributed by atoms with Crippen LogP contribution in [0.25, 0.3) is 0 Å². The lowest BCUT2D eigenvalue weighted by molar-refractivity contribution is -0.133. The molecule has 0 aliphatic carbocycles. The molecule has 0 bridgehead atoms. The molecule has 0 spiro atoms. The molecular weight excluding hydrogens is 180 g/mol. The summed E-state index contributed by atoms with van der Waals surface area (Å²) in [5.41, 5.74) is 0.390. The molecule has 0 radical (unpaired) electrons. The van der Waals surface area contributed by atoms with E-state index in [0.717, 1.165) is 11.8 Å². The maximum Gasteiger partial charge on any atom is 0.313 e. The molecule has 0 amide bonds. The quantitative estimate of drug-likeness (QED) is 0.566. The van der Waals surface area contributed by atoms with Crippen LogP contribution in [0.4, 0.5) is 0 Å². The van der Waals surface area contributed by atoms with E-state index in [1.54, 1.807) is 0 Å². The Morgan fingerprint density at radius 3 is 3.08 bits per heavy atom. The number of hydrogen-bond acceptors (Lipinski definition) is 4. The minimum atomic E-state index is -0.937. The molecule has 12 heavy (non-hydrogen) atoms. The van der Waals surface area contributed by atoms with E-state index in [0.29, 0.717) is 16.9 Å². The van der Waals surface area contributed by atoms with Gasteiger partial charge in [0.1, 0.15) is 0 Å². The highest BCUT2D eigenvalue weighted by Crippen LogP contribution is 2.21. The Morgan fingerprint density at radius 1 is 1.75 bits per heavy atom. The zero-order chi connectivity index (χ0) is 8.97. The van der Waals surface area contributed by atoms with E-state index < -0.39 is 5.97 Å². The van der Waals surface area contributed by atoms with Gasteiger partial charge < -0.3 is 9.52 Å². The minimum absolute atomic E-state index is 0.103. The number of carbonyl (C=O) groups excluding carboxylic acids is 1. The lowest BCUT2D eigenvalue weighted by Gasteiger charge is -1.92. The van der Waals surface area contributed by atoms with Gasteiger partial charge in [-0.25, -0.2) is 0 Å². The van der Waals surface area contributed by atoms with Gasteiger partial charge >= 0.3 is 5.97 Å². The van der Waals surface area contributed by atoms with Crippen LogP contribution in [-0.2, 0) is 4.79 Å². The molecule has 5 heteroatoms. The first kappa shape index (κ1) is 8.86. The van der Waals surface area contributed by atoms with Crippen molar-refractivity contribution in [3.05, 3.63) is 17.9 Å². The van der Waals surface area contributed by atoms with Gasteiger partial charge in [-0.05, 0) is 6.07 Å². The third-order valence-electron chi connectivity index (χ3n) is 1.11. The van der Waals surface area contributed by atoms with Crippen LogP contribution in [0.1, 0.15) is 10.4 Å². The van der Waals surface area contributed by atoms with E-state index in [2.05, 4.69) is 0 Å². The number of aliphatic carboxylic acids is 1. The Kier molecular flexibility index (Phi) is 2.93. The van der Waals surface area contributed by atoms with E-state index in [4.69, 9.17) is 9.52 Å². The van der Waals surface area contributed by atoms with Crippen molar-refractivity contribution in [2.24, 2.45) is 0 Å². The number of carboxylic acids is 1. The molecular formula is C7H6O4S. The Bertz CT molecular complexity index is 291. The summed E-state index contributed by atoms with van der Waals surface area (Å²) < 4.78 is 4.87. The van der Waals surface area contributed by atoms with Crippen LogP contribution in [0.5, 0.6) is 0 Å². The van der Waals surface area contributed by atoms with Crippen LogP contribution in [0, 0.1) is 0 Å². The highest BCUT2D eigenvalue weighted by Gasteiger charge is 2.07. The Balaban J connectivity index is 2.62. The highest BCUT2D eigenvalue weighted by molar-refractivity contribution is 7.99. The second-order valence-corrected chi connectivity index (χ2v) is 2.91. The second kappa shape index (κ2) is 3.96. The average molecular weight is 186 g/mol. The Labute approximate surface area is 72.6 Å². The third kappa shape index (κ3) is 2.13. The van der Waals surface area contributed by atoms with Crippen molar-refractivity contribution in [3.8, 4) is 0 Å². The zero-order valence-corrected chi connectivity index (χ0v) is 6.84. The first-order valence-electron chi connectivity index (χ1n) is 3.11.